The SMILES string of the molecule is C/C1=C\[C@@H](O)[C@H]2[C@H](C/C(C)=C/CC1)OC(=O)[C@@H]2CO. The van der Waals surface area contributed by atoms with Crippen LogP contribution >= 0.6 is 0 Å². The predicted molar refractivity (Wildman–Crippen MR) is 71.3 cm³/mol. The van der Waals surface area contributed by atoms with E-state index in [1.165, 1.54) is 5.57 Å². The van der Waals surface area contributed by atoms with Crippen molar-refractivity contribution in [2.75, 3.05) is 6.61 Å². The molecule has 1 fully saturated rings. The zero-order valence-corrected chi connectivity index (χ0v) is 11.5. The van der Waals surface area contributed by atoms with Gasteiger partial charge in [0.1, 0.15) is 6.10 Å². The van der Waals surface area contributed by atoms with E-state index in [1.54, 1.807) is 6.08 Å². The average Bonchev–Trinajstić information content (AvgIpc) is 2.64. The number of hydrogen-bond donors (Lipinski definition) is 2. The largest absolute Gasteiger partial charge is 0.461 e. The summed E-state index contributed by atoms with van der Waals surface area (Å²) in [5.74, 6) is -1.36. The van der Waals surface area contributed by atoms with Crippen molar-refractivity contribution in [3.8, 4) is 0 Å². The number of aliphatic hydroxyl groups is 2. The van der Waals surface area contributed by atoms with E-state index < -0.39 is 18.0 Å². The number of aliphatic hydroxyl groups excluding tert-OH is 2. The Morgan fingerprint density at radius 1 is 1.37 bits per heavy atom. The lowest BCUT2D eigenvalue weighted by Crippen LogP contribution is -2.34. The molecular formula is C15H22O4. The van der Waals surface area contributed by atoms with Gasteiger partial charge in [-0.2, -0.15) is 0 Å². The molecule has 0 radical (unpaired) electrons. The van der Waals surface area contributed by atoms with Crippen LogP contribution in [-0.4, -0.2) is 35.0 Å². The van der Waals surface area contributed by atoms with Crippen molar-refractivity contribution < 1.29 is 19.7 Å². The number of esters is 1. The van der Waals surface area contributed by atoms with E-state index in [2.05, 4.69) is 6.08 Å². The fourth-order valence-electron chi connectivity index (χ4n) is 3.00. The second kappa shape index (κ2) is 5.88. The lowest BCUT2D eigenvalue weighted by Gasteiger charge is -2.25. The summed E-state index contributed by atoms with van der Waals surface area (Å²) in [7, 11) is 0. The van der Waals surface area contributed by atoms with Crippen LogP contribution in [-0.2, 0) is 9.53 Å². The maximum Gasteiger partial charge on any atom is 0.312 e. The Morgan fingerprint density at radius 3 is 2.79 bits per heavy atom. The first-order valence-corrected chi connectivity index (χ1v) is 6.85. The number of carbonyl (C=O) groups is 1. The molecule has 1 saturated heterocycles. The molecule has 2 aliphatic rings. The summed E-state index contributed by atoms with van der Waals surface area (Å²) in [6.45, 7) is 3.73. The van der Waals surface area contributed by atoms with Gasteiger partial charge < -0.3 is 14.9 Å². The van der Waals surface area contributed by atoms with Crippen molar-refractivity contribution in [2.24, 2.45) is 11.8 Å². The molecule has 0 unspecified atom stereocenters. The molecule has 2 N–H and O–H groups in total. The lowest BCUT2D eigenvalue weighted by molar-refractivity contribution is -0.145. The number of allylic oxidation sites excluding steroid dienone is 2. The van der Waals surface area contributed by atoms with E-state index in [-0.39, 0.29) is 18.6 Å². The summed E-state index contributed by atoms with van der Waals surface area (Å²) >= 11 is 0. The van der Waals surface area contributed by atoms with Gasteiger partial charge in [-0.1, -0.05) is 23.3 Å². The first kappa shape index (κ1) is 14.3. The molecule has 1 aliphatic heterocycles. The van der Waals surface area contributed by atoms with Gasteiger partial charge in [0, 0.05) is 12.3 Å². The first-order chi connectivity index (χ1) is 9.02. The molecule has 0 bridgehead atoms. The molecule has 19 heavy (non-hydrogen) atoms. The minimum absolute atomic E-state index is 0.271. The molecule has 0 amide bonds. The van der Waals surface area contributed by atoms with Crippen LogP contribution in [0.2, 0.25) is 0 Å². The Hall–Kier alpha value is -1.13. The zero-order valence-electron chi connectivity index (χ0n) is 11.5. The summed E-state index contributed by atoms with van der Waals surface area (Å²) in [5.41, 5.74) is 2.27. The maximum absolute atomic E-state index is 11.8. The summed E-state index contributed by atoms with van der Waals surface area (Å²) in [6, 6.07) is 0. The third-order valence-corrected chi connectivity index (χ3v) is 4.07. The van der Waals surface area contributed by atoms with Gasteiger partial charge in [0.25, 0.3) is 0 Å². The molecule has 106 valence electrons. The number of rotatable bonds is 1. The highest BCUT2D eigenvalue weighted by Crippen LogP contribution is 2.36. The maximum atomic E-state index is 11.8. The van der Waals surface area contributed by atoms with Gasteiger partial charge >= 0.3 is 5.97 Å². The van der Waals surface area contributed by atoms with Gasteiger partial charge in [-0.25, -0.2) is 0 Å². The Labute approximate surface area is 113 Å². The van der Waals surface area contributed by atoms with Gasteiger partial charge in [-0.05, 0) is 26.7 Å². The topological polar surface area (TPSA) is 66.8 Å². The summed E-state index contributed by atoms with van der Waals surface area (Å²) in [6.07, 6.45) is 5.37. The Bertz CT molecular complexity index is 410. The summed E-state index contributed by atoms with van der Waals surface area (Å²) in [5, 5.41) is 19.7. The van der Waals surface area contributed by atoms with Crippen LogP contribution in [0.25, 0.3) is 0 Å². The summed E-state index contributed by atoms with van der Waals surface area (Å²) < 4.78 is 5.35. The van der Waals surface area contributed by atoms with Gasteiger partial charge in [-0.3, -0.25) is 4.79 Å². The van der Waals surface area contributed by atoms with Crippen molar-refractivity contribution in [2.45, 2.75) is 45.3 Å². The minimum atomic E-state index is -0.737. The molecule has 0 aromatic heterocycles. The normalized spacial score (nSPS) is 41.6. The molecule has 4 atom stereocenters. The van der Waals surface area contributed by atoms with Crippen LogP contribution in [0.5, 0.6) is 0 Å². The molecule has 1 aliphatic carbocycles. The van der Waals surface area contributed by atoms with E-state index in [1.807, 2.05) is 13.8 Å². The van der Waals surface area contributed by atoms with Crippen LogP contribution in [0.4, 0.5) is 0 Å². The second-order valence-corrected chi connectivity index (χ2v) is 5.64. The van der Waals surface area contributed by atoms with E-state index in [9.17, 15) is 15.0 Å². The van der Waals surface area contributed by atoms with Crippen molar-refractivity contribution in [1.82, 2.24) is 0 Å². The first-order valence-electron chi connectivity index (χ1n) is 6.85. The van der Waals surface area contributed by atoms with Gasteiger partial charge in [0.2, 0.25) is 0 Å². The molecule has 0 spiro atoms. The van der Waals surface area contributed by atoms with Crippen molar-refractivity contribution in [3.63, 3.8) is 0 Å². The highest BCUT2D eigenvalue weighted by Gasteiger charge is 2.47. The van der Waals surface area contributed by atoms with E-state index in [4.69, 9.17) is 4.74 Å². The Morgan fingerprint density at radius 2 is 2.11 bits per heavy atom. The standard InChI is InChI=1S/C15H22O4/c1-9-4-3-5-10(2)7-13-14(12(17)6-9)11(8-16)15(18)19-13/h5-6,11-14,16-17H,3-4,7-8H2,1-2H3/b9-6+,10-5+/t11-,12-,13+,14+/m1/s1. The summed E-state index contributed by atoms with van der Waals surface area (Å²) in [4.78, 5) is 11.8. The molecule has 1 heterocycles. The molecule has 2 rings (SSSR count). The third kappa shape index (κ3) is 3.07. The molecular weight excluding hydrogens is 244 g/mol. The van der Waals surface area contributed by atoms with Crippen LogP contribution in [0.3, 0.4) is 0 Å². The van der Waals surface area contributed by atoms with E-state index in [0.29, 0.717) is 6.42 Å². The fourth-order valence-corrected chi connectivity index (χ4v) is 3.00. The fraction of sp³-hybridized carbons (Fsp3) is 0.667. The number of ether oxygens (including phenoxy) is 1. The second-order valence-electron chi connectivity index (χ2n) is 5.64. The number of fused-ring (bicyclic) bond motifs is 1. The van der Waals surface area contributed by atoms with Crippen LogP contribution < -0.4 is 0 Å². The van der Waals surface area contributed by atoms with Gasteiger partial charge in [0.05, 0.1) is 18.6 Å². The Balaban J connectivity index is 2.31. The van der Waals surface area contributed by atoms with Gasteiger partial charge in [-0.15, -0.1) is 0 Å². The minimum Gasteiger partial charge on any atom is -0.461 e. The number of hydrogen-bond acceptors (Lipinski definition) is 4. The zero-order chi connectivity index (χ0) is 14.0. The Kier molecular flexibility index (Phi) is 4.42. The highest BCUT2D eigenvalue weighted by molar-refractivity contribution is 5.75. The predicted octanol–water partition coefficient (Wildman–Crippen LogP) is 1.57. The van der Waals surface area contributed by atoms with Crippen molar-refractivity contribution in [3.05, 3.63) is 23.3 Å². The van der Waals surface area contributed by atoms with Crippen molar-refractivity contribution >= 4 is 5.97 Å². The molecule has 0 aromatic carbocycles. The molecule has 0 saturated carbocycles. The number of carbonyl (C=O) groups excluding carboxylic acids is 1. The molecule has 0 aromatic rings. The third-order valence-electron chi connectivity index (χ3n) is 4.07. The smallest absolute Gasteiger partial charge is 0.312 e. The van der Waals surface area contributed by atoms with Crippen LogP contribution in [0, 0.1) is 11.8 Å². The van der Waals surface area contributed by atoms with Crippen molar-refractivity contribution in [1.29, 1.82) is 0 Å². The quantitative estimate of drug-likeness (QED) is 0.558. The molecule has 4 heteroatoms. The average molecular weight is 266 g/mol. The van der Waals surface area contributed by atoms with E-state index in [0.717, 1.165) is 18.4 Å². The van der Waals surface area contributed by atoms with Gasteiger partial charge in [0.15, 0.2) is 0 Å². The van der Waals surface area contributed by atoms with Crippen LogP contribution in [0.1, 0.15) is 33.1 Å². The van der Waals surface area contributed by atoms with Crippen LogP contribution in [0.15, 0.2) is 23.3 Å². The molecule has 4 nitrogen and oxygen atoms in total. The monoisotopic (exact) mass is 266 g/mol. The highest BCUT2D eigenvalue weighted by atomic mass is 16.6. The lowest BCUT2D eigenvalue weighted by atomic mass is 9.82. The van der Waals surface area contributed by atoms with E-state index >= 15 is 0 Å².